The maximum atomic E-state index is 12.9. The monoisotopic (exact) mass is 420 g/mol. The molecule has 0 aromatic heterocycles. The molecule has 0 radical (unpaired) electrons. The van der Waals surface area contributed by atoms with E-state index in [1.807, 2.05) is 17.0 Å². The van der Waals surface area contributed by atoms with Crippen LogP contribution in [0.15, 0.2) is 42.5 Å². The average Bonchev–Trinajstić information content (AvgIpc) is 3.31. The SMILES string of the molecule is CCCN1CCCCCOc2ccc(C(=O)N3CCCC3)cc2Cc2cccc(c2)C1. The van der Waals surface area contributed by atoms with Gasteiger partial charge in [-0.3, -0.25) is 9.69 Å². The summed E-state index contributed by atoms with van der Waals surface area (Å²) in [5.41, 5.74) is 4.55. The predicted molar refractivity (Wildman–Crippen MR) is 126 cm³/mol. The molecule has 1 amide bonds. The zero-order valence-corrected chi connectivity index (χ0v) is 18.9. The molecule has 166 valence electrons. The lowest BCUT2D eigenvalue weighted by atomic mass is 9.99. The second-order valence-electron chi connectivity index (χ2n) is 9.00. The van der Waals surface area contributed by atoms with Crippen LogP contribution < -0.4 is 4.74 Å². The molecule has 0 spiro atoms. The van der Waals surface area contributed by atoms with Crippen molar-refractivity contribution in [3.63, 3.8) is 0 Å². The molecule has 2 aliphatic heterocycles. The second-order valence-corrected chi connectivity index (χ2v) is 9.00. The van der Waals surface area contributed by atoms with Crippen LogP contribution in [0.4, 0.5) is 0 Å². The minimum absolute atomic E-state index is 0.156. The van der Waals surface area contributed by atoms with Gasteiger partial charge < -0.3 is 9.64 Å². The summed E-state index contributed by atoms with van der Waals surface area (Å²) >= 11 is 0. The van der Waals surface area contributed by atoms with Crippen LogP contribution in [0.1, 0.15) is 72.5 Å². The van der Waals surface area contributed by atoms with Gasteiger partial charge >= 0.3 is 0 Å². The van der Waals surface area contributed by atoms with E-state index in [2.05, 4.69) is 42.2 Å². The zero-order chi connectivity index (χ0) is 21.5. The number of nitrogens with zero attached hydrogens (tertiary/aromatic N) is 2. The molecular weight excluding hydrogens is 384 g/mol. The fraction of sp³-hybridized carbons (Fsp3) is 0.519. The maximum absolute atomic E-state index is 12.9. The Morgan fingerprint density at radius 2 is 1.74 bits per heavy atom. The Hall–Kier alpha value is -2.33. The normalized spacial score (nSPS) is 18.2. The van der Waals surface area contributed by atoms with E-state index in [4.69, 9.17) is 4.74 Å². The van der Waals surface area contributed by atoms with E-state index in [9.17, 15) is 4.79 Å². The first-order chi connectivity index (χ1) is 15.2. The molecule has 2 bridgehead atoms. The molecule has 2 aromatic rings. The van der Waals surface area contributed by atoms with Gasteiger partial charge in [0.25, 0.3) is 5.91 Å². The van der Waals surface area contributed by atoms with Crippen LogP contribution in [0.25, 0.3) is 0 Å². The zero-order valence-electron chi connectivity index (χ0n) is 18.9. The smallest absolute Gasteiger partial charge is 0.253 e. The van der Waals surface area contributed by atoms with Gasteiger partial charge in [0.1, 0.15) is 5.75 Å². The van der Waals surface area contributed by atoms with E-state index >= 15 is 0 Å². The highest BCUT2D eigenvalue weighted by atomic mass is 16.5. The first kappa shape index (κ1) is 21.9. The van der Waals surface area contributed by atoms with Crippen LogP contribution in [0.5, 0.6) is 5.75 Å². The summed E-state index contributed by atoms with van der Waals surface area (Å²) in [7, 11) is 0. The van der Waals surface area contributed by atoms with Crippen molar-refractivity contribution in [2.45, 2.75) is 58.4 Å². The van der Waals surface area contributed by atoms with Crippen molar-refractivity contribution in [3.8, 4) is 5.75 Å². The van der Waals surface area contributed by atoms with Gasteiger partial charge in [-0.15, -0.1) is 0 Å². The fourth-order valence-corrected chi connectivity index (χ4v) is 4.79. The van der Waals surface area contributed by atoms with Crippen molar-refractivity contribution in [1.29, 1.82) is 0 Å². The lowest BCUT2D eigenvalue weighted by Crippen LogP contribution is -2.27. The molecule has 31 heavy (non-hydrogen) atoms. The van der Waals surface area contributed by atoms with E-state index in [-0.39, 0.29) is 5.91 Å². The van der Waals surface area contributed by atoms with Crippen LogP contribution in [0, 0.1) is 0 Å². The number of fused-ring (bicyclic) bond motifs is 3. The Morgan fingerprint density at radius 3 is 2.58 bits per heavy atom. The molecule has 0 N–H and O–H groups in total. The Labute approximate surface area is 187 Å². The largest absolute Gasteiger partial charge is 0.493 e. The summed E-state index contributed by atoms with van der Waals surface area (Å²) in [6.45, 7) is 8.06. The molecule has 4 heteroatoms. The quantitative estimate of drug-likeness (QED) is 0.676. The summed E-state index contributed by atoms with van der Waals surface area (Å²) in [4.78, 5) is 17.5. The molecule has 4 nitrogen and oxygen atoms in total. The number of amides is 1. The summed E-state index contributed by atoms with van der Waals surface area (Å²) in [5, 5.41) is 0. The van der Waals surface area contributed by atoms with Crippen molar-refractivity contribution < 1.29 is 9.53 Å². The molecule has 2 heterocycles. The minimum atomic E-state index is 0.156. The maximum Gasteiger partial charge on any atom is 0.253 e. The summed E-state index contributed by atoms with van der Waals surface area (Å²) in [5.74, 6) is 1.08. The van der Waals surface area contributed by atoms with Crippen LogP contribution >= 0.6 is 0 Å². The number of likely N-dealkylation sites (tertiary alicyclic amines) is 1. The standard InChI is InChI=1S/C27H36N2O2/c1-2-13-28-14-4-3-7-17-31-26-12-11-24(27(30)29-15-5-6-16-29)20-25(26)19-22-9-8-10-23(18-22)21-28/h8-12,18,20H,2-7,13-17,19,21H2,1H3. The number of benzene rings is 2. The summed E-state index contributed by atoms with van der Waals surface area (Å²) < 4.78 is 6.20. The molecular formula is C27H36N2O2. The van der Waals surface area contributed by atoms with Crippen LogP contribution in [-0.4, -0.2) is 48.5 Å². The Morgan fingerprint density at radius 1 is 0.935 bits per heavy atom. The highest BCUT2D eigenvalue weighted by molar-refractivity contribution is 5.94. The van der Waals surface area contributed by atoms with E-state index in [1.165, 1.54) is 30.4 Å². The first-order valence-electron chi connectivity index (χ1n) is 12.1. The van der Waals surface area contributed by atoms with Crippen molar-refractivity contribution in [2.24, 2.45) is 0 Å². The van der Waals surface area contributed by atoms with Crippen LogP contribution in [-0.2, 0) is 13.0 Å². The minimum Gasteiger partial charge on any atom is -0.493 e. The second kappa shape index (κ2) is 10.8. The molecule has 4 rings (SSSR count). The third-order valence-corrected chi connectivity index (χ3v) is 6.41. The lowest BCUT2D eigenvalue weighted by molar-refractivity contribution is 0.0792. The Balaban J connectivity index is 1.61. The van der Waals surface area contributed by atoms with E-state index in [0.29, 0.717) is 0 Å². The average molecular weight is 421 g/mol. The topological polar surface area (TPSA) is 32.8 Å². The van der Waals surface area contributed by atoms with Gasteiger partial charge in [0.05, 0.1) is 6.61 Å². The fourth-order valence-electron chi connectivity index (χ4n) is 4.79. The number of carbonyl (C=O) groups is 1. The molecule has 0 unspecified atom stereocenters. The van der Waals surface area contributed by atoms with Crippen molar-refractivity contribution in [1.82, 2.24) is 9.80 Å². The van der Waals surface area contributed by atoms with Crippen molar-refractivity contribution >= 4 is 5.91 Å². The van der Waals surface area contributed by atoms with Gasteiger partial charge in [0.2, 0.25) is 0 Å². The number of rotatable bonds is 3. The molecule has 0 aliphatic carbocycles. The van der Waals surface area contributed by atoms with Gasteiger partial charge in [-0.1, -0.05) is 31.2 Å². The number of carbonyl (C=O) groups excluding carboxylic acids is 1. The third-order valence-electron chi connectivity index (χ3n) is 6.41. The Bertz CT molecular complexity index is 873. The molecule has 0 atom stereocenters. The molecule has 2 aliphatic rings. The van der Waals surface area contributed by atoms with Crippen LogP contribution in [0.3, 0.4) is 0 Å². The number of hydrogen-bond donors (Lipinski definition) is 0. The third kappa shape index (κ3) is 5.88. The van der Waals surface area contributed by atoms with Gasteiger partial charge in [0.15, 0.2) is 0 Å². The van der Waals surface area contributed by atoms with Crippen molar-refractivity contribution in [2.75, 3.05) is 32.8 Å². The molecule has 2 aromatic carbocycles. The Kier molecular flexibility index (Phi) is 7.63. The number of hydrogen-bond acceptors (Lipinski definition) is 3. The van der Waals surface area contributed by atoms with E-state index in [1.54, 1.807) is 0 Å². The molecule has 1 fully saturated rings. The summed E-state index contributed by atoms with van der Waals surface area (Å²) in [6, 6.07) is 14.9. The van der Waals surface area contributed by atoms with Gasteiger partial charge in [-0.2, -0.15) is 0 Å². The number of ether oxygens (including phenoxy) is 1. The van der Waals surface area contributed by atoms with Crippen LogP contribution in [0.2, 0.25) is 0 Å². The highest BCUT2D eigenvalue weighted by Gasteiger charge is 2.21. The van der Waals surface area contributed by atoms with Gasteiger partial charge in [-0.05, 0) is 86.5 Å². The van der Waals surface area contributed by atoms with Gasteiger partial charge in [0, 0.05) is 31.6 Å². The van der Waals surface area contributed by atoms with E-state index < -0.39 is 0 Å². The van der Waals surface area contributed by atoms with E-state index in [0.717, 1.165) is 81.9 Å². The highest BCUT2D eigenvalue weighted by Crippen LogP contribution is 2.26. The lowest BCUT2D eigenvalue weighted by Gasteiger charge is -2.23. The summed E-state index contributed by atoms with van der Waals surface area (Å²) in [6.07, 6.45) is 7.66. The molecule has 0 saturated carbocycles. The van der Waals surface area contributed by atoms with Crippen molar-refractivity contribution in [3.05, 3.63) is 64.7 Å². The molecule has 1 saturated heterocycles. The van der Waals surface area contributed by atoms with Gasteiger partial charge in [-0.25, -0.2) is 0 Å². The predicted octanol–water partition coefficient (Wildman–Crippen LogP) is 5.29. The first-order valence-corrected chi connectivity index (χ1v) is 12.1.